The molecule has 0 saturated heterocycles. The normalized spacial score (nSPS) is 18.4. The van der Waals surface area contributed by atoms with Crippen LogP contribution in [0.15, 0.2) is 30.1 Å². The van der Waals surface area contributed by atoms with Gasteiger partial charge in [-0.05, 0) is 12.5 Å². The van der Waals surface area contributed by atoms with Crippen LogP contribution in [0, 0.1) is 0 Å². The van der Waals surface area contributed by atoms with Gasteiger partial charge in [0, 0.05) is 24.5 Å². The zero-order valence-corrected chi connectivity index (χ0v) is 8.76. The summed E-state index contributed by atoms with van der Waals surface area (Å²) >= 11 is 0. The van der Waals surface area contributed by atoms with Gasteiger partial charge >= 0.3 is 0 Å². The van der Waals surface area contributed by atoms with Gasteiger partial charge in [-0.3, -0.25) is 9.48 Å². The van der Waals surface area contributed by atoms with E-state index in [-0.39, 0.29) is 5.91 Å². The molecule has 0 spiro atoms. The Hall–Kier alpha value is -2.04. The van der Waals surface area contributed by atoms with Gasteiger partial charge in [0.25, 0.3) is 0 Å². The number of rotatable bonds is 1. The van der Waals surface area contributed by atoms with Crippen LogP contribution < -0.4 is 5.73 Å². The number of amides is 1. The van der Waals surface area contributed by atoms with E-state index in [0.717, 1.165) is 24.5 Å². The molecule has 3 rings (SSSR count). The minimum absolute atomic E-state index is 0.339. The Labute approximate surface area is 92.8 Å². The quantitative estimate of drug-likeness (QED) is 0.735. The summed E-state index contributed by atoms with van der Waals surface area (Å²) in [6.07, 6.45) is 6.29. The third kappa shape index (κ3) is 1.25. The molecule has 0 radical (unpaired) electrons. The molecule has 1 aromatic heterocycles. The van der Waals surface area contributed by atoms with Crippen molar-refractivity contribution in [2.24, 2.45) is 5.73 Å². The zero-order valence-electron chi connectivity index (χ0n) is 8.76. The van der Waals surface area contributed by atoms with Gasteiger partial charge in [-0.2, -0.15) is 5.10 Å². The molecule has 0 aliphatic carbocycles. The molecule has 5 heteroatoms. The third-order valence-electron chi connectivity index (χ3n) is 2.98. The van der Waals surface area contributed by atoms with Gasteiger partial charge in [0.2, 0.25) is 5.91 Å². The number of hydrogen-bond donors (Lipinski definition) is 1. The van der Waals surface area contributed by atoms with Crippen molar-refractivity contribution in [3.8, 4) is 0 Å². The van der Waals surface area contributed by atoms with Crippen LogP contribution in [0.1, 0.15) is 12.1 Å². The summed E-state index contributed by atoms with van der Waals surface area (Å²) in [5.41, 5.74) is 8.17. The molecular formula is C11H12N4O. The number of fused-ring (bicyclic) bond motifs is 3. The van der Waals surface area contributed by atoms with E-state index < -0.39 is 0 Å². The van der Waals surface area contributed by atoms with Crippen molar-refractivity contribution in [3.63, 3.8) is 0 Å². The fourth-order valence-electron chi connectivity index (χ4n) is 2.17. The molecule has 0 fully saturated rings. The van der Waals surface area contributed by atoms with Crippen LogP contribution >= 0.6 is 0 Å². The lowest BCUT2D eigenvalue weighted by molar-refractivity contribution is -0.114. The van der Waals surface area contributed by atoms with Gasteiger partial charge in [-0.15, -0.1) is 0 Å². The lowest BCUT2D eigenvalue weighted by Gasteiger charge is -2.32. The van der Waals surface area contributed by atoms with Crippen LogP contribution in [-0.2, 0) is 11.3 Å². The van der Waals surface area contributed by atoms with E-state index in [9.17, 15) is 4.79 Å². The molecule has 0 atom stereocenters. The maximum absolute atomic E-state index is 11.1. The summed E-state index contributed by atoms with van der Waals surface area (Å²) in [5.74, 6) is -0.339. The summed E-state index contributed by atoms with van der Waals surface area (Å²) in [5, 5.41) is 4.24. The van der Waals surface area contributed by atoms with Gasteiger partial charge in [0.1, 0.15) is 0 Å². The first-order chi connectivity index (χ1) is 7.75. The molecule has 0 saturated carbocycles. The topological polar surface area (TPSA) is 64.2 Å². The smallest absolute Gasteiger partial charge is 0.246 e. The second-order valence-corrected chi connectivity index (χ2v) is 3.95. The van der Waals surface area contributed by atoms with Gasteiger partial charge in [0.05, 0.1) is 17.9 Å². The van der Waals surface area contributed by atoms with Crippen molar-refractivity contribution in [1.29, 1.82) is 0 Å². The molecule has 82 valence electrons. The highest BCUT2D eigenvalue weighted by molar-refractivity contribution is 5.93. The number of aromatic nitrogens is 2. The van der Waals surface area contributed by atoms with E-state index in [1.807, 2.05) is 23.0 Å². The van der Waals surface area contributed by atoms with Crippen molar-refractivity contribution in [2.75, 3.05) is 6.54 Å². The first-order valence-electron chi connectivity index (χ1n) is 5.25. The van der Waals surface area contributed by atoms with Crippen LogP contribution in [0.25, 0.3) is 5.70 Å². The minimum Gasteiger partial charge on any atom is -0.366 e. The van der Waals surface area contributed by atoms with Crippen molar-refractivity contribution in [3.05, 3.63) is 35.8 Å². The number of carbonyl (C=O) groups excluding carboxylic acids is 1. The standard InChI is InChI=1S/C11H12N4O/c12-11(16)8-1-2-9-10-3-4-13-15(10)6-5-14(9)7-8/h2-4,7H,1,5-6H2,(H2,12,16). The monoisotopic (exact) mass is 216 g/mol. The Morgan fingerprint density at radius 3 is 3.12 bits per heavy atom. The lowest BCUT2D eigenvalue weighted by Crippen LogP contribution is -2.32. The Balaban J connectivity index is 1.99. The van der Waals surface area contributed by atoms with Gasteiger partial charge in [0.15, 0.2) is 0 Å². The molecule has 1 amide bonds. The van der Waals surface area contributed by atoms with Crippen molar-refractivity contribution in [1.82, 2.24) is 14.7 Å². The highest BCUT2D eigenvalue weighted by atomic mass is 16.1. The fraction of sp³-hybridized carbons (Fsp3) is 0.273. The lowest BCUT2D eigenvalue weighted by atomic mass is 10.1. The average molecular weight is 216 g/mol. The number of allylic oxidation sites excluding steroid dienone is 1. The molecule has 2 N–H and O–H groups in total. The molecular weight excluding hydrogens is 204 g/mol. The molecule has 0 bridgehead atoms. The van der Waals surface area contributed by atoms with Crippen molar-refractivity contribution >= 4 is 11.6 Å². The maximum atomic E-state index is 11.1. The van der Waals surface area contributed by atoms with E-state index >= 15 is 0 Å². The highest BCUT2D eigenvalue weighted by Crippen LogP contribution is 2.29. The molecule has 16 heavy (non-hydrogen) atoms. The fourth-order valence-corrected chi connectivity index (χ4v) is 2.17. The van der Waals surface area contributed by atoms with Crippen molar-refractivity contribution < 1.29 is 4.79 Å². The van der Waals surface area contributed by atoms with E-state index in [4.69, 9.17) is 5.73 Å². The Bertz CT molecular complexity index is 512. The van der Waals surface area contributed by atoms with E-state index in [0.29, 0.717) is 12.0 Å². The van der Waals surface area contributed by atoms with Gasteiger partial charge < -0.3 is 10.6 Å². The summed E-state index contributed by atoms with van der Waals surface area (Å²) in [6, 6.07) is 1.99. The molecule has 5 nitrogen and oxygen atoms in total. The Morgan fingerprint density at radius 1 is 1.44 bits per heavy atom. The molecule has 0 aromatic carbocycles. The molecule has 2 aliphatic rings. The SMILES string of the molecule is NC(=O)C1=CN2CCn3nccc3C2=CC1. The summed E-state index contributed by atoms with van der Waals surface area (Å²) in [6.45, 7) is 1.67. The first kappa shape index (κ1) is 9.21. The van der Waals surface area contributed by atoms with Crippen LogP contribution in [-0.4, -0.2) is 27.1 Å². The summed E-state index contributed by atoms with van der Waals surface area (Å²) in [4.78, 5) is 13.2. The Morgan fingerprint density at radius 2 is 2.31 bits per heavy atom. The van der Waals surface area contributed by atoms with E-state index in [2.05, 4.69) is 10.00 Å². The molecule has 2 aliphatic heterocycles. The van der Waals surface area contributed by atoms with Crippen LogP contribution in [0.4, 0.5) is 0 Å². The molecule has 3 heterocycles. The minimum atomic E-state index is -0.339. The van der Waals surface area contributed by atoms with Crippen LogP contribution in [0.5, 0.6) is 0 Å². The first-order valence-corrected chi connectivity index (χ1v) is 5.25. The zero-order chi connectivity index (χ0) is 11.1. The largest absolute Gasteiger partial charge is 0.366 e. The predicted molar refractivity (Wildman–Crippen MR) is 58.8 cm³/mol. The molecule has 0 unspecified atom stereocenters. The number of hydrogen-bond acceptors (Lipinski definition) is 3. The number of nitrogens with zero attached hydrogens (tertiary/aromatic N) is 3. The van der Waals surface area contributed by atoms with Gasteiger partial charge in [-0.25, -0.2) is 0 Å². The molecule has 1 aromatic rings. The maximum Gasteiger partial charge on any atom is 0.246 e. The van der Waals surface area contributed by atoms with Crippen LogP contribution in [0.3, 0.4) is 0 Å². The van der Waals surface area contributed by atoms with Gasteiger partial charge in [-0.1, -0.05) is 6.08 Å². The van der Waals surface area contributed by atoms with E-state index in [1.54, 1.807) is 6.20 Å². The highest BCUT2D eigenvalue weighted by Gasteiger charge is 2.23. The average Bonchev–Trinajstić information content (AvgIpc) is 2.76. The number of carbonyl (C=O) groups is 1. The Kier molecular flexibility index (Phi) is 1.86. The second kappa shape index (κ2) is 3.23. The van der Waals surface area contributed by atoms with Crippen LogP contribution in [0.2, 0.25) is 0 Å². The third-order valence-corrected chi connectivity index (χ3v) is 2.98. The van der Waals surface area contributed by atoms with Crippen molar-refractivity contribution in [2.45, 2.75) is 13.0 Å². The predicted octanol–water partition coefficient (Wildman–Crippen LogP) is 0.313. The second-order valence-electron chi connectivity index (χ2n) is 3.95. The summed E-state index contributed by atoms with van der Waals surface area (Å²) in [7, 11) is 0. The number of primary amides is 1. The summed E-state index contributed by atoms with van der Waals surface area (Å²) < 4.78 is 1.98. The number of nitrogens with two attached hydrogens (primary N) is 1. The van der Waals surface area contributed by atoms with E-state index in [1.165, 1.54) is 0 Å².